The van der Waals surface area contributed by atoms with Crippen LogP contribution in [0.5, 0.6) is 5.75 Å². The van der Waals surface area contributed by atoms with Crippen LogP contribution in [-0.4, -0.2) is 109 Å². The Labute approximate surface area is 358 Å². The number of nitrogens with one attached hydrogen (secondary N) is 2. The topological polar surface area (TPSA) is 233 Å². The molecule has 1 fully saturated rings. The molecule has 1 atom stereocenters. The number of unbranched alkanes of at least 4 members (excludes halogenated alkanes) is 1. The molecule has 331 valence electrons. The van der Waals surface area contributed by atoms with Crippen molar-refractivity contribution in [1.82, 2.24) is 15.7 Å². The summed E-state index contributed by atoms with van der Waals surface area (Å²) in [5.41, 5.74) is 15.2. The maximum Gasteiger partial charge on any atom is 0.491 e. The second kappa shape index (κ2) is 42.0. The first-order valence-corrected chi connectivity index (χ1v) is 19.4. The lowest BCUT2D eigenvalue weighted by Crippen LogP contribution is -2.24. The molecule has 2 aromatic rings. The quantitative estimate of drug-likeness (QED) is 0.0583. The van der Waals surface area contributed by atoms with Crippen LogP contribution in [0.25, 0.3) is 0 Å². The summed E-state index contributed by atoms with van der Waals surface area (Å²) in [6.45, 7) is 11.2. The normalized spacial score (nSPS) is 13.2. The summed E-state index contributed by atoms with van der Waals surface area (Å²) in [6, 6.07) is 13.6. The van der Waals surface area contributed by atoms with Crippen LogP contribution in [0.1, 0.15) is 61.6 Å². The number of rotatable bonds is 17. The van der Waals surface area contributed by atoms with E-state index in [2.05, 4.69) is 65.2 Å². The van der Waals surface area contributed by atoms with Crippen LogP contribution in [0, 0.1) is 12.8 Å². The Morgan fingerprint density at radius 3 is 2.23 bits per heavy atom. The summed E-state index contributed by atoms with van der Waals surface area (Å²) < 4.78 is 10.1. The van der Waals surface area contributed by atoms with Gasteiger partial charge in [-0.2, -0.15) is 0 Å². The third-order valence-electron chi connectivity index (χ3n) is 8.02. The number of phenolic OH excluding ortho intramolecular Hbond substituents is 1. The Morgan fingerprint density at radius 1 is 1.05 bits per heavy atom. The molecule has 0 spiro atoms. The summed E-state index contributed by atoms with van der Waals surface area (Å²) in [5.74, 6) is 0.526. The Morgan fingerprint density at radius 2 is 1.70 bits per heavy atom. The number of fused-ring (bicyclic) bond motifs is 1. The Kier molecular flexibility index (Phi) is 41.4. The molecule has 1 radical (unpaired) electrons. The van der Waals surface area contributed by atoms with Crippen LogP contribution >= 0.6 is 0 Å². The number of benzene rings is 2. The van der Waals surface area contributed by atoms with E-state index in [4.69, 9.17) is 14.1 Å². The number of hydrogen-bond donors (Lipinski definition) is 6. The lowest BCUT2D eigenvalue weighted by molar-refractivity contribution is -0.168. The van der Waals surface area contributed by atoms with Crippen molar-refractivity contribution in [3.63, 3.8) is 0 Å². The number of hydrogen-bond acceptors (Lipinski definition) is 13. The molecule has 0 saturated carbocycles. The van der Waals surface area contributed by atoms with Gasteiger partial charge in [-0.3, -0.25) is 14.4 Å². The SMILES string of the molecule is C=C/C=C1/COB(O)/C1=C/CC=O.C=CNC.CN.CNCCCCC(CC=O)Cc1ccc(O)cc1.CON(C)C(=O)CCC=O.Cc1ccc2c(c1)[B]OC2.NC=O. The van der Waals surface area contributed by atoms with Gasteiger partial charge in [-0.1, -0.05) is 73.7 Å². The average molecular weight is 837 g/mol. The number of nitrogens with zero attached hydrogens (tertiary/aromatic N) is 1. The monoisotopic (exact) mass is 837 g/mol. The van der Waals surface area contributed by atoms with Crippen LogP contribution < -0.4 is 27.6 Å². The third kappa shape index (κ3) is 30.9. The van der Waals surface area contributed by atoms with Crippen LogP contribution in [0.3, 0.4) is 0 Å². The molecule has 2 aliphatic rings. The van der Waals surface area contributed by atoms with E-state index in [1.54, 1.807) is 36.6 Å². The predicted molar refractivity (Wildman–Crippen MR) is 241 cm³/mol. The zero-order valence-corrected chi connectivity index (χ0v) is 36.3. The fraction of sp³-hybridized carbons (Fsp3) is 0.419. The molecule has 0 bridgehead atoms. The number of carbonyl (C=O) groups is 5. The molecule has 0 aromatic heterocycles. The number of hydroxylamine groups is 2. The van der Waals surface area contributed by atoms with E-state index < -0.39 is 7.12 Å². The van der Waals surface area contributed by atoms with Gasteiger partial charge in [0.25, 0.3) is 0 Å². The van der Waals surface area contributed by atoms with E-state index in [-0.39, 0.29) is 25.2 Å². The maximum atomic E-state index is 10.8. The van der Waals surface area contributed by atoms with Gasteiger partial charge in [0.2, 0.25) is 12.3 Å². The summed E-state index contributed by atoms with van der Waals surface area (Å²) in [6.07, 6.45) is 15.1. The van der Waals surface area contributed by atoms with Gasteiger partial charge < -0.3 is 55.9 Å². The summed E-state index contributed by atoms with van der Waals surface area (Å²) in [4.78, 5) is 54.6. The summed E-state index contributed by atoms with van der Waals surface area (Å²) in [7, 11) is 9.10. The van der Waals surface area contributed by atoms with E-state index in [9.17, 15) is 29.3 Å². The molecule has 2 amide bonds. The predicted octanol–water partition coefficient (Wildman–Crippen LogP) is 2.97. The molecule has 0 aliphatic carbocycles. The summed E-state index contributed by atoms with van der Waals surface area (Å²) in [5, 5.41) is 25.5. The highest BCUT2D eigenvalue weighted by Gasteiger charge is 2.29. The molecule has 17 heteroatoms. The Hall–Kier alpha value is -5.16. The fourth-order valence-electron chi connectivity index (χ4n) is 4.95. The lowest BCUT2D eigenvalue weighted by Gasteiger charge is -2.14. The average Bonchev–Trinajstić information content (AvgIpc) is 3.88. The van der Waals surface area contributed by atoms with Crippen LogP contribution in [0.2, 0.25) is 0 Å². The van der Waals surface area contributed by atoms with Gasteiger partial charge in [-0.05, 0) is 98.7 Å². The smallest absolute Gasteiger partial charge is 0.491 e. The van der Waals surface area contributed by atoms with Gasteiger partial charge in [-0.15, -0.1) is 0 Å². The number of aldehydes is 3. The largest absolute Gasteiger partial charge is 0.508 e. The molecule has 1 unspecified atom stereocenters. The van der Waals surface area contributed by atoms with Crippen molar-refractivity contribution >= 4 is 51.2 Å². The van der Waals surface area contributed by atoms with E-state index in [1.165, 1.54) is 43.4 Å². The molecular formula is C43H68B2N5O10. The second-order valence-corrected chi connectivity index (χ2v) is 12.4. The van der Waals surface area contributed by atoms with Crippen molar-refractivity contribution < 1.29 is 48.2 Å². The van der Waals surface area contributed by atoms with Crippen LogP contribution in [0.15, 0.2) is 91.1 Å². The van der Waals surface area contributed by atoms with E-state index in [1.807, 2.05) is 33.7 Å². The highest BCUT2D eigenvalue weighted by atomic mass is 16.7. The molecule has 15 nitrogen and oxygen atoms in total. The van der Waals surface area contributed by atoms with Gasteiger partial charge in [0.15, 0.2) is 0 Å². The minimum atomic E-state index is -0.897. The standard InChI is InChI=1S/C15H23NO2.C9H11BO3.C8H8BO.C6H11NO3.C3H7N.CH3NO.CH5N/c1-16-10-3-2-4-13(9-11-17)12-14-5-7-15(18)8-6-14;1-2-4-8-7-13-10(12)9(8)5-3-6-11;1-6-2-3-7-5-10-9-8(7)4-6;1-7(10-2)6(9)4-3-5-8;1-3-4-2;2-1-3;1-2/h5-8,11,13,16,18H,2-4,9-10,12H2,1H3;2,4-6,12H,1,3,7H2;2-4H,5H2,1H3;5H,3-4H2,1-2H3;3-4H,1H2,2H3;1H,(H2,2,3);2H2,1H3/b;8-4-,9-5+;;;;;. The first-order valence-electron chi connectivity index (χ1n) is 19.4. The molecular weight excluding hydrogens is 768 g/mol. The van der Waals surface area contributed by atoms with Gasteiger partial charge >= 0.3 is 14.6 Å². The van der Waals surface area contributed by atoms with Crippen molar-refractivity contribution in [2.75, 3.05) is 48.5 Å². The minimum absolute atomic E-state index is 0.186. The van der Waals surface area contributed by atoms with Crippen molar-refractivity contribution in [3.05, 3.63) is 108 Å². The van der Waals surface area contributed by atoms with E-state index in [0.29, 0.717) is 42.9 Å². The van der Waals surface area contributed by atoms with Gasteiger partial charge in [0, 0.05) is 39.8 Å². The number of primary amides is 1. The van der Waals surface area contributed by atoms with Crippen molar-refractivity contribution in [3.8, 4) is 5.75 Å². The number of aromatic hydroxyl groups is 1. The fourth-order valence-corrected chi connectivity index (χ4v) is 4.95. The zero-order valence-electron chi connectivity index (χ0n) is 36.3. The Balaban J connectivity index is -0.000000690. The molecule has 4 rings (SSSR count). The molecule has 1 saturated heterocycles. The summed E-state index contributed by atoms with van der Waals surface area (Å²) >= 11 is 0. The molecule has 2 heterocycles. The first kappa shape index (κ1) is 59.2. The number of phenols is 1. The molecule has 2 aromatic carbocycles. The zero-order chi connectivity index (χ0) is 46.0. The highest BCUT2D eigenvalue weighted by molar-refractivity contribution is 6.55. The number of carbonyl (C=O) groups excluding carboxylic acids is 5. The maximum absolute atomic E-state index is 10.8. The van der Waals surface area contributed by atoms with Gasteiger partial charge in [-0.25, -0.2) is 5.06 Å². The molecule has 8 N–H and O–H groups in total. The molecule has 2 aliphatic heterocycles. The van der Waals surface area contributed by atoms with Gasteiger partial charge in [0.1, 0.15) is 24.6 Å². The number of amides is 2. The highest BCUT2D eigenvalue weighted by Crippen LogP contribution is 2.22. The second-order valence-electron chi connectivity index (χ2n) is 12.4. The number of aryl methyl sites for hydroxylation is 1. The van der Waals surface area contributed by atoms with Crippen molar-refractivity contribution in [2.45, 2.75) is 64.9 Å². The van der Waals surface area contributed by atoms with Crippen molar-refractivity contribution in [1.29, 1.82) is 0 Å². The van der Waals surface area contributed by atoms with Crippen LogP contribution in [-0.2, 0) is 51.1 Å². The van der Waals surface area contributed by atoms with Crippen molar-refractivity contribution in [2.24, 2.45) is 17.4 Å². The first-order chi connectivity index (χ1) is 29.0. The third-order valence-corrected chi connectivity index (χ3v) is 8.02. The molecule has 60 heavy (non-hydrogen) atoms. The van der Waals surface area contributed by atoms with Gasteiger partial charge in [0.05, 0.1) is 20.3 Å². The Bertz CT molecular complexity index is 1530. The minimum Gasteiger partial charge on any atom is -0.508 e. The lowest BCUT2D eigenvalue weighted by atomic mass is 9.77. The van der Waals surface area contributed by atoms with E-state index >= 15 is 0 Å². The van der Waals surface area contributed by atoms with E-state index in [0.717, 1.165) is 62.0 Å². The van der Waals surface area contributed by atoms with Crippen LogP contribution in [0.4, 0.5) is 0 Å². The number of allylic oxidation sites excluding steroid dienone is 3. The number of nitrogens with two attached hydrogens (primary N) is 2.